The molecule has 1 aromatic rings. The molecule has 0 aromatic carbocycles. The summed E-state index contributed by atoms with van der Waals surface area (Å²) >= 11 is 3.41. The van der Waals surface area contributed by atoms with Crippen LogP contribution in [0.1, 0.15) is 65.1 Å². The molecule has 0 atom stereocenters. The molecule has 0 radical (unpaired) electrons. The summed E-state index contributed by atoms with van der Waals surface area (Å²) in [7, 11) is 1.91. The molecule has 8 nitrogen and oxygen atoms in total. The van der Waals surface area contributed by atoms with Crippen molar-refractivity contribution in [2.24, 2.45) is 12.5 Å². The van der Waals surface area contributed by atoms with Gasteiger partial charge in [0.25, 0.3) is 0 Å². The van der Waals surface area contributed by atoms with E-state index in [1.807, 2.05) is 38.6 Å². The van der Waals surface area contributed by atoms with Crippen LogP contribution in [-0.2, 0) is 26.9 Å². The number of hydrogen-bond donors (Lipinski definition) is 1. The molecular formula is C21H32BrN3O5. The van der Waals surface area contributed by atoms with E-state index in [0.717, 1.165) is 31.5 Å². The van der Waals surface area contributed by atoms with Gasteiger partial charge in [-0.15, -0.1) is 0 Å². The second-order valence-electron chi connectivity index (χ2n) is 9.64. The molecule has 2 aliphatic rings. The van der Waals surface area contributed by atoms with E-state index < -0.39 is 17.2 Å². The van der Waals surface area contributed by atoms with Crippen LogP contribution in [0.4, 0.5) is 4.79 Å². The van der Waals surface area contributed by atoms with E-state index in [1.165, 1.54) is 0 Å². The standard InChI is InChI=1S/C21H32BrN3O5/c1-19(2,3)30-18(28)25-11-9-20(10-12-25)5-7-21(8-6-20,29-14-16(26)27)17-23-15(22)13-24(17)4/h13H,5-12,14H2,1-4H3,(H,26,27). The first kappa shape index (κ1) is 23.1. The van der Waals surface area contributed by atoms with Gasteiger partial charge in [0.15, 0.2) is 0 Å². The number of imidazole rings is 1. The second-order valence-corrected chi connectivity index (χ2v) is 10.5. The highest BCUT2D eigenvalue weighted by Crippen LogP contribution is 2.52. The van der Waals surface area contributed by atoms with Gasteiger partial charge in [0.1, 0.15) is 28.2 Å². The number of aryl methyl sites for hydroxylation is 1. The number of amides is 1. The number of carboxylic acid groups (broad SMARTS) is 1. The lowest BCUT2D eigenvalue weighted by Crippen LogP contribution is -2.48. The van der Waals surface area contributed by atoms with E-state index in [-0.39, 0.29) is 18.1 Å². The molecule has 1 aromatic heterocycles. The molecule has 9 heteroatoms. The maximum atomic E-state index is 12.4. The number of aromatic nitrogens is 2. The number of piperidine rings is 1. The van der Waals surface area contributed by atoms with E-state index in [1.54, 1.807) is 4.90 Å². The SMILES string of the molecule is Cn1cc(Br)nc1C1(OCC(=O)O)CCC2(CCN(C(=O)OC(C)(C)C)CC2)CC1. The van der Waals surface area contributed by atoms with Crippen molar-refractivity contribution in [3.05, 3.63) is 16.6 Å². The van der Waals surface area contributed by atoms with Gasteiger partial charge in [-0.25, -0.2) is 14.6 Å². The lowest BCUT2D eigenvalue weighted by atomic mass is 9.64. The van der Waals surface area contributed by atoms with Crippen molar-refractivity contribution in [1.82, 2.24) is 14.5 Å². The smallest absolute Gasteiger partial charge is 0.410 e. The predicted octanol–water partition coefficient (Wildman–Crippen LogP) is 4.07. The largest absolute Gasteiger partial charge is 0.480 e. The van der Waals surface area contributed by atoms with Gasteiger partial charge in [-0.2, -0.15) is 0 Å². The summed E-state index contributed by atoms with van der Waals surface area (Å²) in [6, 6.07) is 0. The molecule has 1 spiro atoms. The van der Waals surface area contributed by atoms with E-state index in [0.29, 0.717) is 30.5 Å². The van der Waals surface area contributed by atoms with Crippen LogP contribution < -0.4 is 0 Å². The van der Waals surface area contributed by atoms with Gasteiger partial charge in [0, 0.05) is 26.3 Å². The van der Waals surface area contributed by atoms with Crippen LogP contribution >= 0.6 is 15.9 Å². The summed E-state index contributed by atoms with van der Waals surface area (Å²) in [4.78, 5) is 29.9. The van der Waals surface area contributed by atoms with Crippen LogP contribution in [0, 0.1) is 5.41 Å². The Morgan fingerprint density at radius 1 is 1.17 bits per heavy atom. The Hall–Kier alpha value is -1.61. The number of carbonyl (C=O) groups is 2. The number of hydrogen-bond acceptors (Lipinski definition) is 5. The molecule has 0 unspecified atom stereocenters. The Bertz CT molecular complexity index is 783. The maximum Gasteiger partial charge on any atom is 0.410 e. The molecule has 3 rings (SSSR count). The van der Waals surface area contributed by atoms with Gasteiger partial charge in [0.2, 0.25) is 0 Å². The molecule has 168 valence electrons. The van der Waals surface area contributed by atoms with Crippen LogP contribution in [0.3, 0.4) is 0 Å². The second kappa shape index (κ2) is 8.49. The zero-order valence-corrected chi connectivity index (χ0v) is 19.8. The number of rotatable bonds is 4. The zero-order chi connectivity index (χ0) is 22.2. The molecule has 1 amide bonds. The first-order valence-electron chi connectivity index (χ1n) is 10.5. The topological polar surface area (TPSA) is 93.9 Å². The molecule has 1 saturated heterocycles. The fourth-order valence-corrected chi connectivity index (χ4v) is 5.13. The van der Waals surface area contributed by atoms with Crippen molar-refractivity contribution in [2.45, 2.75) is 70.5 Å². The van der Waals surface area contributed by atoms with Crippen molar-refractivity contribution >= 4 is 28.0 Å². The fraction of sp³-hybridized carbons (Fsp3) is 0.762. The molecule has 2 fully saturated rings. The third-order valence-electron chi connectivity index (χ3n) is 6.32. The van der Waals surface area contributed by atoms with E-state index in [4.69, 9.17) is 9.47 Å². The number of ether oxygens (including phenoxy) is 2. The number of halogens is 1. The summed E-state index contributed by atoms with van der Waals surface area (Å²) in [6.45, 7) is 6.67. The van der Waals surface area contributed by atoms with Gasteiger partial charge in [-0.05, 0) is 80.6 Å². The summed E-state index contributed by atoms with van der Waals surface area (Å²) in [5, 5.41) is 9.17. The van der Waals surface area contributed by atoms with E-state index >= 15 is 0 Å². The van der Waals surface area contributed by atoms with E-state index in [9.17, 15) is 14.7 Å². The Kier molecular flexibility index (Phi) is 6.53. The minimum Gasteiger partial charge on any atom is -0.480 e. The summed E-state index contributed by atoms with van der Waals surface area (Å²) in [5.74, 6) is -0.217. The summed E-state index contributed by atoms with van der Waals surface area (Å²) in [6.07, 6.45) is 6.72. The average Bonchev–Trinajstić information content (AvgIpc) is 2.99. The molecule has 1 N–H and O–H groups in total. The highest BCUT2D eigenvalue weighted by molar-refractivity contribution is 9.10. The number of likely N-dealkylation sites (tertiary alicyclic amines) is 1. The van der Waals surface area contributed by atoms with Crippen LogP contribution in [0.2, 0.25) is 0 Å². The van der Waals surface area contributed by atoms with Gasteiger partial charge >= 0.3 is 12.1 Å². The minimum absolute atomic E-state index is 0.150. The van der Waals surface area contributed by atoms with Gasteiger partial charge in [-0.1, -0.05) is 0 Å². The molecule has 1 aliphatic carbocycles. The Balaban J connectivity index is 1.67. The van der Waals surface area contributed by atoms with Crippen molar-refractivity contribution in [1.29, 1.82) is 0 Å². The molecule has 30 heavy (non-hydrogen) atoms. The lowest BCUT2D eigenvalue weighted by Gasteiger charge is -2.49. The fourth-order valence-electron chi connectivity index (χ4n) is 4.66. The van der Waals surface area contributed by atoms with Crippen LogP contribution in [-0.4, -0.2) is 56.9 Å². The first-order valence-corrected chi connectivity index (χ1v) is 11.3. The molecular weight excluding hydrogens is 454 g/mol. The normalized spacial score (nSPS) is 20.9. The number of carbonyl (C=O) groups excluding carboxylic acids is 1. The monoisotopic (exact) mass is 485 g/mol. The van der Waals surface area contributed by atoms with Crippen molar-refractivity contribution in [3.63, 3.8) is 0 Å². The molecule has 2 heterocycles. The highest BCUT2D eigenvalue weighted by atomic mass is 79.9. The highest BCUT2D eigenvalue weighted by Gasteiger charge is 2.48. The zero-order valence-electron chi connectivity index (χ0n) is 18.2. The number of aliphatic carboxylic acids is 1. The van der Waals surface area contributed by atoms with Crippen LogP contribution in [0.5, 0.6) is 0 Å². The van der Waals surface area contributed by atoms with Crippen LogP contribution in [0.15, 0.2) is 10.8 Å². The minimum atomic E-state index is -0.978. The Labute approximate surface area is 186 Å². The van der Waals surface area contributed by atoms with Gasteiger partial charge in [-0.3, -0.25) is 0 Å². The van der Waals surface area contributed by atoms with Crippen molar-refractivity contribution in [3.8, 4) is 0 Å². The Morgan fingerprint density at radius 3 is 2.23 bits per heavy atom. The third kappa shape index (κ3) is 5.17. The number of nitrogens with zero attached hydrogens (tertiary/aromatic N) is 3. The third-order valence-corrected chi connectivity index (χ3v) is 6.70. The van der Waals surface area contributed by atoms with Crippen LogP contribution in [0.25, 0.3) is 0 Å². The lowest BCUT2D eigenvalue weighted by molar-refractivity contribution is -0.159. The average molecular weight is 486 g/mol. The van der Waals surface area contributed by atoms with Crippen molar-refractivity contribution in [2.75, 3.05) is 19.7 Å². The molecule has 1 aliphatic heterocycles. The number of carboxylic acids is 1. The molecule has 0 bridgehead atoms. The predicted molar refractivity (Wildman–Crippen MR) is 114 cm³/mol. The summed E-state index contributed by atoms with van der Waals surface area (Å²) in [5.41, 5.74) is -1.04. The van der Waals surface area contributed by atoms with E-state index in [2.05, 4.69) is 20.9 Å². The van der Waals surface area contributed by atoms with Gasteiger partial charge in [0.05, 0.1) is 0 Å². The Morgan fingerprint density at radius 2 is 1.77 bits per heavy atom. The maximum absolute atomic E-state index is 12.4. The molecule has 1 saturated carbocycles. The van der Waals surface area contributed by atoms with Crippen molar-refractivity contribution < 1.29 is 24.2 Å². The quantitative estimate of drug-likeness (QED) is 0.690. The first-order chi connectivity index (χ1) is 13.9. The van der Waals surface area contributed by atoms with Gasteiger partial charge < -0.3 is 24.0 Å². The summed E-state index contributed by atoms with van der Waals surface area (Å²) < 4.78 is 14.1.